The van der Waals surface area contributed by atoms with Crippen molar-refractivity contribution in [2.24, 2.45) is 7.05 Å². The Labute approximate surface area is 47.9 Å². The van der Waals surface area contributed by atoms with E-state index >= 15 is 0 Å². The lowest BCUT2D eigenvalue weighted by molar-refractivity contribution is 0.366. The molecule has 0 amide bonds. The van der Waals surface area contributed by atoms with Gasteiger partial charge in [-0.1, -0.05) is 0 Å². The first-order valence-corrected chi connectivity index (χ1v) is 2.20. The number of aryl methyl sites for hydroxylation is 1. The average molecular weight is 110 g/mol. The van der Waals surface area contributed by atoms with Crippen LogP contribution in [0.5, 0.6) is 6.01 Å². The maximum absolute atomic E-state index is 4.77. The normalized spacial score (nSPS) is 9.25. The number of ether oxygens (including phenoxy) is 1. The molecule has 1 aromatic heterocycles. The van der Waals surface area contributed by atoms with Gasteiger partial charge in [-0.2, -0.15) is 4.98 Å². The van der Waals surface area contributed by atoms with Crippen molar-refractivity contribution in [1.82, 2.24) is 9.55 Å². The standard InChI is InChI=1S/C5H6N2O/c1-7-4-3-6-5(7)8-2/h1-2H3. The molecule has 8 heavy (non-hydrogen) atoms. The Morgan fingerprint density at radius 2 is 2.50 bits per heavy atom. The first-order chi connectivity index (χ1) is 3.84. The third kappa shape index (κ3) is 0.665. The maximum Gasteiger partial charge on any atom is 0.296 e. The predicted molar refractivity (Wildman–Crippen MR) is 27.4 cm³/mol. The zero-order valence-electron chi connectivity index (χ0n) is 4.80. The Bertz CT molecular complexity index is 171. The highest BCUT2D eigenvalue weighted by Gasteiger charge is 1.93. The summed E-state index contributed by atoms with van der Waals surface area (Å²) >= 11 is 0. The number of nitrogens with zero attached hydrogens (tertiary/aromatic N) is 2. The van der Waals surface area contributed by atoms with Crippen molar-refractivity contribution in [3.8, 4) is 6.01 Å². The monoisotopic (exact) mass is 110 g/mol. The molecule has 0 saturated carbocycles. The summed E-state index contributed by atoms with van der Waals surface area (Å²) in [5.74, 6) is 0. The number of methoxy groups -OCH3 is 1. The van der Waals surface area contributed by atoms with Crippen LogP contribution in [0.25, 0.3) is 0 Å². The quantitative estimate of drug-likeness (QED) is 0.510. The van der Waals surface area contributed by atoms with Crippen molar-refractivity contribution < 1.29 is 4.74 Å². The first-order valence-electron chi connectivity index (χ1n) is 2.20. The van der Waals surface area contributed by atoms with Gasteiger partial charge in [-0.15, -0.1) is 0 Å². The molecule has 1 rings (SSSR count). The van der Waals surface area contributed by atoms with Crippen molar-refractivity contribution in [1.29, 1.82) is 0 Å². The second kappa shape index (κ2) is 1.86. The number of rotatable bonds is 1. The molecule has 1 heterocycles. The fourth-order valence-electron chi connectivity index (χ4n) is 0.453. The van der Waals surface area contributed by atoms with Gasteiger partial charge in [-0.25, -0.2) is 0 Å². The predicted octanol–water partition coefficient (Wildman–Crippen LogP) is 0.0291. The van der Waals surface area contributed by atoms with Crippen LogP contribution in [0, 0.1) is 12.4 Å². The molecule has 0 spiro atoms. The lowest BCUT2D eigenvalue weighted by Crippen LogP contribution is -1.92. The lowest BCUT2D eigenvalue weighted by atomic mass is 10.9. The van der Waals surface area contributed by atoms with Crippen molar-refractivity contribution >= 4 is 0 Å². The average Bonchev–Trinajstić information content (AvgIpc) is 2.14. The molecule has 3 heteroatoms. The minimum atomic E-state index is 0.532. The minimum absolute atomic E-state index is 0.532. The SMILES string of the molecule is COc1n[c][c]n1C. The van der Waals surface area contributed by atoms with Crippen molar-refractivity contribution in [2.45, 2.75) is 0 Å². The van der Waals surface area contributed by atoms with E-state index in [0.717, 1.165) is 0 Å². The Morgan fingerprint density at radius 1 is 1.75 bits per heavy atom. The molecule has 0 unspecified atom stereocenters. The smallest absolute Gasteiger partial charge is 0.296 e. The zero-order valence-corrected chi connectivity index (χ0v) is 4.80. The van der Waals surface area contributed by atoms with E-state index in [4.69, 9.17) is 4.74 Å². The second-order valence-corrected chi connectivity index (χ2v) is 1.38. The lowest BCUT2D eigenvalue weighted by Gasteiger charge is -1.94. The van der Waals surface area contributed by atoms with Gasteiger partial charge >= 0.3 is 0 Å². The first kappa shape index (κ1) is 5.15. The van der Waals surface area contributed by atoms with Gasteiger partial charge in [0.05, 0.1) is 13.3 Å². The van der Waals surface area contributed by atoms with Crippen molar-refractivity contribution in [2.75, 3.05) is 7.11 Å². The molecule has 42 valence electrons. The summed E-state index contributed by atoms with van der Waals surface area (Å²) in [7, 11) is 3.35. The maximum atomic E-state index is 4.77. The van der Waals surface area contributed by atoms with E-state index in [1.54, 1.807) is 18.7 Å². The van der Waals surface area contributed by atoms with E-state index in [9.17, 15) is 0 Å². The zero-order chi connectivity index (χ0) is 5.98. The minimum Gasteiger partial charge on any atom is -0.468 e. The van der Waals surface area contributed by atoms with Gasteiger partial charge < -0.3 is 4.74 Å². The molecule has 3 nitrogen and oxygen atoms in total. The van der Waals surface area contributed by atoms with Crippen LogP contribution in [0.3, 0.4) is 0 Å². The molecule has 0 bridgehead atoms. The van der Waals surface area contributed by atoms with Gasteiger partial charge in [0.25, 0.3) is 6.01 Å². The molecule has 1 aromatic rings. The van der Waals surface area contributed by atoms with Gasteiger partial charge in [0, 0.05) is 7.05 Å². The fraction of sp³-hybridized carbons (Fsp3) is 0.400. The van der Waals surface area contributed by atoms with Gasteiger partial charge in [-0.05, 0) is 0 Å². The summed E-state index contributed by atoms with van der Waals surface area (Å²) in [4.78, 5) is 3.69. The van der Waals surface area contributed by atoms with Crippen LogP contribution in [0.1, 0.15) is 0 Å². The molecule has 0 aliphatic carbocycles. The van der Waals surface area contributed by atoms with E-state index in [1.165, 1.54) is 0 Å². The number of aromatic nitrogens is 2. The number of imidazole rings is 1. The topological polar surface area (TPSA) is 27.1 Å². The highest BCUT2D eigenvalue weighted by molar-refractivity contribution is 4.93. The summed E-state index contributed by atoms with van der Waals surface area (Å²) in [6, 6.07) is 0.532. The van der Waals surface area contributed by atoms with Crippen LogP contribution < -0.4 is 4.74 Å². The molecule has 0 aromatic carbocycles. The summed E-state index contributed by atoms with van der Waals surface area (Å²) in [6.45, 7) is 0. The third-order valence-corrected chi connectivity index (χ3v) is 0.839. The molecule has 0 atom stereocenters. The Hall–Kier alpha value is -0.990. The van der Waals surface area contributed by atoms with Crippen LogP contribution >= 0.6 is 0 Å². The molecular weight excluding hydrogens is 104 g/mol. The van der Waals surface area contributed by atoms with E-state index in [0.29, 0.717) is 6.01 Å². The third-order valence-electron chi connectivity index (χ3n) is 0.839. The van der Waals surface area contributed by atoms with Gasteiger partial charge in [0.15, 0.2) is 0 Å². The Kier molecular flexibility index (Phi) is 1.20. The molecular formula is C5H6N2O. The van der Waals surface area contributed by atoms with Crippen LogP contribution in [-0.4, -0.2) is 16.7 Å². The largest absolute Gasteiger partial charge is 0.468 e. The summed E-state index contributed by atoms with van der Waals surface area (Å²) in [5, 5.41) is 0. The fourth-order valence-corrected chi connectivity index (χ4v) is 0.453. The van der Waals surface area contributed by atoms with E-state index < -0.39 is 0 Å². The highest BCUT2D eigenvalue weighted by Crippen LogP contribution is 1.99. The van der Waals surface area contributed by atoms with E-state index in [1.807, 2.05) is 0 Å². The molecule has 0 aliphatic rings. The van der Waals surface area contributed by atoms with Gasteiger partial charge in [0.2, 0.25) is 0 Å². The van der Waals surface area contributed by atoms with Crippen molar-refractivity contribution in [3.63, 3.8) is 0 Å². The number of hydrogen-bond acceptors (Lipinski definition) is 2. The molecule has 2 radical (unpaired) electrons. The highest BCUT2D eigenvalue weighted by atomic mass is 16.5. The van der Waals surface area contributed by atoms with Crippen molar-refractivity contribution in [3.05, 3.63) is 12.4 Å². The molecule has 0 saturated heterocycles. The number of hydrogen-bond donors (Lipinski definition) is 0. The second-order valence-electron chi connectivity index (χ2n) is 1.38. The molecule has 0 aliphatic heterocycles. The van der Waals surface area contributed by atoms with Crippen LogP contribution in [0.15, 0.2) is 0 Å². The summed E-state index contributed by atoms with van der Waals surface area (Å²) in [5.41, 5.74) is 0. The van der Waals surface area contributed by atoms with Crippen LogP contribution in [0.2, 0.25) is 0 Å². The van der Waals surface area contributed by atoms with E-state index in [2.05, 4.69) is 17.4 Å². The Balaban J connectivity index is 2.92. The van der Waals surface area contributed by atoms with Gasteiger partial charge in [0.1, 0.15) is 6.20 Å². The van der Waals surface area contributed by atoms with Crippen LogP contribution in [-0.2, 0) is 7.05 Å². The van der Waals surface area contributed by atoms with Gasteiger partial charge in [-0.3, -0.25) is 4.57 Å². The Morgan fingerprint density at radius 3 is 2.75 bits per heavy atom. The molecule has 0 fully saturated rings. The summed E-state index contributed by atoms with van der Waals surface area (Å²) in [6.07, 6.45) is 5.19. The molecule has 0 N–H and O–H groups in total. The van der Waals surface area contributed by atoms with Crippen LogP contribution in [0.4, 0.5) is 0 Å². The van der Waals surface area contributed by atoms with E-state index in [-0.39, 0.29) is 0 Å². The summed E-state index contributed by atoms with van der Waals surface area (Å²) < 4.78 is 6.40.